The van der Waals surface area contributed by atoms with Gasteiger partial charge < -0.3 is 9.84 Å². The highest BCUT2D eigenvalue weighted by atomic mass is 16.5. The fourth-order valence-electron chi connectivity index (χ4n) is 4.90. The van der Waals surface area contributed by atoms with Gasteiger partial charge in [0.2, 0.25) is 0 Å². The summed E-state index contributed by atoms with van der Waals surface area (Å²) in [7, 11) is 0. The molecule has 0 saturated heterocycles. The number of rotatable bonds is 4. The van der Waals surface area contributed by atoms with E-state index in [0.29, 0.717) is 6.42 Å². The molecule has 0 radical (unpaired) electrons. The monoisotopic (exact) mass is 252 g/mol. The zero-order valence-electron chi connectivity index (χ0n) is 11.4. The molecule has 1 N–H and O–H groups in total. The molecule has 4 aliphatic rings. The Labute approximate surface area is 109 Å². The fourth-order valence-corrected chi connectivity index (χ4v) is 4.90. The van der Waals surface area contributed by atoms with Crippen LogP contribution in [-0.2, 0) is 9.53 Å². The van der Waals surface area contributed by atoms with Gasteiger partial charge in [0, 0.05) is 0 Å². The fraction of sp³-hybridized carbons (Fsp3) is 0.933. The molecule has 3 nitrogen and oxygen atoms in total. The van der Waals surface area contributed by atoms with Crippen molar-refractivity contribution >= 4 is 5.97 Å². The van der Waals surface area contributed by atoms with E-state index < -0.39 is 11.6 Å². The van der Waals surface area contributed by atoms with Crippen LogP contribution in [0.4, 0.5) is 0 Å². The molecular formula is C15H24O3. The number of aliphatic carboxylic acids is 1. The van der Waals surface area contributed by atoms with Crippen molar-refractivity contribution in [1.82, 2.24) is 0 Å². The maximum Gasteiger partial charge on any atom is 0.335 e. The average Bonchev–Trinajstić information content (AvgIpc) is 2.25. The number of carboxylic acid groups (broad SMARTS) is 1. The lowest BCUT2D eigenvalue weighted by molar-refractivity contribution is -0.228. The van der Waals surface area contributed by atoms with E-state index in [9.17, 15) is 9.90 Å². The van der Waals surface area contributed by atoms with Gasteiger partial charge >= 0.3 is 5.97 Å². The normalized spacial score (nSPS) is 44.9. The van der Waals surface area contributed by atoms with Crippen LogP contribution in [-0.4, -0.2) is 22.3 Å². The summed E-state index contributed by atoms with van der Waals surface area (Å²) in [4.78, 5) is 11.5. The Hall–Kier alpha value is -0.570. The summed E-state index contributed by atoms with van der Waals surface area (Å²) in [6.07, 6.45) is 7.92. The molecule has 102 valence electrons. The number of carbonyl (C=O) groups is 1. The molecule has 0 spiro atoms. The SMILES string of the molecule is CCC(C)(OC12CC3CC(CC(C3)C1)C2)C(=O)O. The van der Waals surface area contributed by atoms with Gasteiger partial charge in [-0.3, -0.25) is 0 Å². The van der Waals surface area contributed by atoms with Crippen molar-refractivity contribution in [2.24, 2.45) is 17.8 Å². The predicted molar refractivity (Wildman–Crippen MR) is 68.3 cm³/mol. The number of ether oxygens (including phenoxy) is 1. The maximum atomic E-state index is 11.5. The predicted octanol–water partition coefficient (Wildman–Crippen LogP) is 3.23. The molecule has 0 amide bonds. The lowest BCUT2D eigenvalue weighted by Crippen LogP contribution is -2.56. The topological polar surface area (TPSA) is 46.5 Å². The summed E-state index contributed by atoms with van der Waals surface area (Å²) in [6.45, 7) is 3.66. The Kier molecular flexibility index (Phi) is 2.74. The smallest absolute Gasteiger partial charge is 0.335 e. The second-order valence-corrected chi connectivity index (χ2v) is 7.09. The van der Waals surface area contributed by atoms with Crippen molar-refractivity contribution < 1.29 is 14.6 Å². The number of hydrogen-bond acceptors (Lipinski definition) is 2. The van der Waals surface area contributed by atoms with Crippen molar-refractivity contribution in [2.45, 2.75) is 70.0 Å². The molecule has 4 rings (SSSR count). The van der Waals surface area contributed by atoms with Crippen LogP contribution in [0.15, 0.2) is 0 Å². The van der Waals surface area contributed by atoms with Crippen LogP contribution in [0.25, 0.3) is 0 Å². The number of carboxylic acids is 1. The highest BCUT2D eigenvalue weighted by Gasteiger charge is 2.54. The summed E-state index contributed by atoms with van der Waals surface area (Å²) in [5.74, 6) is 1.59. The van der Waals surface area contributed by atoms with E-state index in [-0.39, 0.29) is 5.60 Å². The van der Waals surface area contributed by atoms with E-state index in [1.807, 2.05) is 6.92 Å². The van der Waals surface area contributed by atoms with Gasteiger partial charge in [0.15, 0.2) is 5.60 Å². The summed E-state index contributed by atoms with van der Waals surface area (Å²) < 4.78 is 6.25. The quantitative estimate of drug-likeness (QED) is 0.835. The van der Waals surface area contributed by atoms with Crippen molar-refractivity contribution in [3.05, 3.63) is 0 Å². The zero-order valence-corrected chi connectivity index (χ0v) is 11.4. The summed E-state index contributed by atoms with van der Waals surface area (Å²) in [5, 5.41) is 9.41. The average molecular weight is 252 g/mol. The molecule has 4 saturated carbocycles. The van der Waals surface area contributed by atoms with Gasteiger partial charge in [-0.15, -0.1) is 0 Å². The molecular weight excluding hydrogens is 228 g/mol. The van der Waals surface area contributed by atoms with Gasteiger partial charge in [-0.05, 0) is 69.6 Å². The minimum atomic E-state index is -0.994. The van der Waals surface area contributed by atoms with Crippen LogP contribution in [0.2, 0.25) is 0 Å². The zero-order chi connectivity index (χ0) is 13.0. The summed E-state index contributed by atoms with van der Waals surface area (Å²) in [6, 6.07) is 0. The molecule has 0 aromatic rings. The minimum Gasteiger partial charge on any atom is -0.479 e. The standard InChI is InChI=1S/C15H24O3/c1-3-14(2,13(16)17)18-15-7-10-4-11(8-15)6-12(5-10)9-15/h10-12H,3-9H2,1-2H3,(H,16,17). The van der Waals surface area contributed by atoms with Crippen LogP contribution in [0, 0.1) is 17.8 Å². The molecule has 4 bridgehead atoms. The van der Waals surface area contributed by atoms with Crippen LogP contribution < -0.4 is 0 Å². The second kappa shape index (κ2) is 3.96. The van der Waals surface area contributed by atoms with Crippen LogP contribution in [0.5, 0.6) is 0 Å². The maximum absolute atomic E-state index is 11.5. The molecule has 1 atom stereocenters. The summed E-state index contributed by atoms with van der Waals surface area (Å²) in [5.41, 5.74) is -1.11. The first kappa shape index (κ1) is 12.5. The van der Waals surface area contributed by atoms with E-state index >= 15 is 0 Å². The molecule has 18 heavy (non-hydrogen) atoms. The van der Waals surface area contributed by atoms with Gasteiger partial charge in [-0.1, -0.05) is 6.92 Å². The third-order valence-electron chi connectivity index (χ3n) is 5.55. The third kappa shape index (κ3) is 1.87. The second-order valence-electron chi connectivity index (χ2n) is 7.09. The van der Waals surface area contributed by atoms with Crippen LogP contribution >= 0.6 is 0 Å². The summed E-state index contributed by atoms with van der Waals surface area (Å²) >= 11 is 0. The first-order valence-corrected chi connectivity index (χ1v) is 7.38. The van der Waals surface area contributed by atoms with E-state index in [0.717, 1.165) is 37.0 Å². The Morgan fingerprint density at radius 2 is 1.67 bits per heavy atom. The van der Waals surface area contributed by atoms with E-state index in [1.165, 1.54) is 19.3 Å². The van der Waals surface area contributed by atoms with Crippen LogP contribution in [0.1, 0.15) is 58.8 Å². The van der Waals surface area contributed by atoms with Crippen LogP contribution in [0.3, 0.4) is 0 Å². The third-order valence-corrected chi connectivity index (χ3v) is 5.55. The largest absolute Gasteiger partial charge is 0.479 e. The first-order chi connectivity index (χ1) is 8.45. The van der Waals surface area contributed by atoms with Crippen molar-refractivity contribution in [3.8, 4) is 0 Å². The Balaban J connectivity index is 1.81. The molecule has 0 heterocycles. The lowest BCUT2D eigenvalue weighted by atomic mass is 9.54. The van der Waals surface area contributed by atoms with Gasteiger partial charge in [0.1, 0.15) is 0 Å². The Bertz CT molecular complexity index is 327. The van der Waals surface area contributed by atoms with Gasteiger partial charge in [-0.25, -0.2) is 4.79 Å². The molecule has 4 aliphatic carbocycles. The molecule has 0 aromatic carbocycles. The minimum absolute atomic E-state index is 0.113. The molecule has 1 unspecified atom stereocenters. The van der Waals surface area contributed by atoms with E-state index in [2.05, 4.69) is 0 Å². The Morgan fingerprint density at radius 1 is 1.22 bits per heavy atom. The molecule has 3 heteroatoms. The lowest BCUT2D eigenvalue weighted by Gasteiger charge is -2.57. The van der Waals surface area contributed by atoms with E-state index in [1.54, 1.807) is 6.92 Å². The molecule has 0 aliphatic heterocycles. The number of hydrogen-bond donors (Lipinski definition) is 1. The van der Waals surface area contributed by atoms with Crippen molar-refractivity contribution in [2.75, 3.05) is 0 Å². The Morgan fingerprint density at radius 3 is 2.00 bits per heavy atom. The molecule has 4 fully saturated rings. The first-order valence-electron chi connectivity index (χ1n) is 7.38. The van der Waals surface area contributed by atoms with Gasteiger partial charge in [0.05, 0.1) is 5.60 Å². The van der Waals surface area contributed by atoms with E-state index in [4.69, 9.17) is 4.74 Å². The van der Waals surface area contributed by atoms with Crippen molar-refractivity contribution in [1.29, 1.82) is 0 Å². The van der Waals surface area contributed by atoms with Crippen molar-refractivity contribution in [3.63, 3.8) is 0 Å². The van der Waals surface area contributed by atoms with Gasteiger partial charge in [-0.2, -0.15) is 0 Å². The molecule has 0 aromatic heterocycles. The highest BCUT2D eigenvalue weighted by Crippen LogP contribution is 2.58. The highest BCUT2D eigenvalue weighted by molar-refractivity contribution is 5.76. The van der Waals surface area contributed by atoms with Gasteiger partial charge in [0.25, 0.3) is 0 Å².